The minimum Gasteiger partial charge on any atom is -0.337 e. The van der Waals surface area contributed by atoms with Gasteiger partial charge in [0.05, 0.1) is 23.3 Å². The van der Waals surface area contributed by atoms with Gasteiger partial charge in [-0.1, -0.05) is 11.6 Å². The van der Waals surface area contributed by atoms with Gasteiger partial charge in [-0.25, -0.2) is 17.8 Å². The third kappa shape index (κ3) is 2.78. The minimum absolute atomic E-state index is 0.0454. The van der Waals surface area contributed by atoms with Crippen LogP contribution in [0.2, 0.25) is 5.15 Å². The van der Waals surface area contributed by atoms with E-state index in [4.69, 9.17) is 11.6 Å². The molecule has 0 N–H and O–H groups in total. The number of hydrogen-bond acceptors (Lipinski definition) is 4. The van der Waals surface area contributed by atoms with Crippen LogP contribution in [0.1, 0.15) is 10.4 Å². The summed E-state index contributed by atoms with van der Waals surface area (Å²) in [5.74, 6) is -1.33. The second-order valence-corrected chi connectivity index (χ2v) is 6.60. The summed E-state index contributed by atoms with van der Waals surface area (Å²) < 4.78 is 35.5. The number of rotatable bonds is 1. The van der Waals surface area contributed by atoms with Crippen molar-refractivity contribution in [3.63, 3.8) is 0 Å². The van der Waals surface area contributed by atoms with E-state index in [1.807, 2.05) is 0 Å². The lowest BCUT2D eigenvalue weighted by Crippen LogP contribution is -2.43. The molecule has 0 atom stereocenters. The molecule has 98 valence electrons. The van der Waals surface area contributed by atoms with E-state index in [-0.39, 0.29) is 35.3 Å². The maximum absolute atomic E-state index is 13.0. The highest BCUT2D eigenvalue weighted by Crippen LogP contribution is 2.17. The molecule has 0 bridgehead atoms. The van der Waals surface area contributed by atoms with Crippen LogP contribution in [-0.2, 0) is 9.84 Å². The highest BCUT2D eigenvalue weighted by atomic mass is 35.5. The van der Waals surface area contributed by atoms with Gasteiger partial charge in [0, 0.05) is 13.1 Å². The normalized spacial score (nSPS) is 18.7. The van der Waals surface area contributed by atoms with Gasteiger partial charge in [-0.3, -0.25) is 4.79 Å². The molecule has 0 saturated carbocycles. The summed E-state index contributed by atoms with van der Waals surface area (Å²) in [6.45, 7) is 0.183. The second-order valence-electron chi connectivity index (χ2n) is 3.94. The number of pyridine rings is 1. The third-order valence-corrected chi connectivity index (χ3v) is 4.58. The van der Waals surface area contributed by atoms with Crippen molar-refractivity contribution in [1.82, 2.24) is 9.88 Å². The first-order valence-electron chi connectivity index (χ1n) is 5.20. The Hall–Kier alpha value is -1.21. The summed E-state index contributed by atoms with van der Waals surface area (Å²) >= 11 is 5.72. The first kappa shape index (κ1) is 13.2. The molecule has 2 heterocycles. The van der Waals surface area contributed by atoms with Crippen LogP contribution in [0.4, 0.5) is 4.39 Å². The Morgan fingerprint density at radius 1 is 1.39 bits per heavy atom. The van der Waals surface area contributed by atoms with Gasteiger partial charge in [-0.2, -0.15) is 0 Å². The number of aromatic nitrogens is 1. The molecule has 0 aromatic carbocycles. The van der Waals surface area contributed by atoms with Crippen LogP contribution in [-0.4, -0.2) is 48.8 Å². The Bertz CT molecular complexity index is 577. The van der Waals surface area contributed by atoms with Crippen molar-refractivity contribution >= 4 is 27.3 Å². The lowest BCUT2D eigenvalue weighted by atomic mass is 10.2. The van der Waals surface area contributed by atoms with Crippen LogP contribution in [0, 0.1) is 5.82 Å². The van der Waals surface area contributed by atoms with Crippen molar-refractivity contribution < 1.29 is 17.6 Å². The van der Waals surface area contributed by atoms with E-state index >= 15 is 0 Å². The maximum Gasteiger partial charge on any atom is 0.257 e. The Morgan fingerprint density at radius 2 is 2.00 bits per heavy atom. The van der Waals surface area contributed by atoms with E-state index in [1.165, 1.54) is 4.90 Å². The standard InChI is InChI=1S/C10H10ClFN2O3S/c11-9-8(5-7(12)6-13-9)10(15)14-1-3-18(16,17)4-2-14/h5-6H,1-4H2. The molecule has 0 unspecified atom stereocenters. The number of halogens is 2. The fourth-order valence-electron chi connectivity index (χ4n) is 1.66. The van der Waals surface area contributed by atoms with Crippen molar-refractivity contribution in [3.05, 3.63) is 28.8 Å². The molecular weight excluding hydrogens is 283 g/mol. The largest absolute Gasteiger partial charge is 0.337 e. The quantitative estimate of drug-likeness (QED) is 0.716. The van der Waals surface area contributed by atoms with E-state index in [1.54, 1.807) is 0 Å². The fourth-order valence-corrected chi connectivity index (χ4v) is 3.04. The summed E-state index contributed by atoms with van der Waals surface area (Å²) in [5.41, 5.74) is -0.0454. The third-order valence-electron chi connectivity index (χ3n) is 2.67. The first-order valence-corrected chi connectivity index (χ1v) is 7.40. The molecule has 18 heavy (non-hydrogen) atoms. The average molecular weight is 293 g/mol. The zero-order chi connectivity index (χ0) is 13.3. The van der Waals surface area contributed by atoms with E-state index in [0.717, 1.165) is 12.3 Å². The molecule has 1 aromatic heterocycles. The molecule has 1 aliphatic rings. The van der Waals surface area contributed by atoms with E-state index in [9.17, 15) is 17.6 Å². The Kier molecular flexibility index (Phi) is 3.54. The molecule has 1 amide bonds. The predicted molar refractivity (Wildman–Crippen MR) is 63.8 cm³/mol. The number of amides is 1. The lowest BCUT2D eigenvalue weighted by Gasteiger charge is -2.26. The molecule has 2 rings (SSSR count). The smallest absolute Gasteiger partial charge is 0.257 e. The molecule has 1 aromatic rings. The number of nitrogens with zero attached hydrogens (tertiary/aromatic N) is 2. The van der Waals surface area contributed by atoms with Crippen molar-refractivity contribution in [2.24, 2.45) is 0 Å². The van der Waals surface area contributed by atoms with Crippen molar-refractivity contribution in [2.45, 2.75) is 0 Å². The topological polar surface area (TPSA) is 67.3 Å². The van der Waals surface area contributed by atoms with Gasteiger partial charge in [0.25, 0.3) is 5.91 Å². The monoisotopic (exact) mass is 292 g/mol. The summed E-state index contributed by atoms with van der Waals surface area (Å²) in [7, 11) is -3.07. The van der Waals surface area contributed by atoms with Crippen LogP contribution in [0.5, 0.6) is 0 Å². The van der Waals surface area contributed by atoms with Crippen molar-refractivity contribution in [1.29, 1.82) is 0 Å². The highest BCUT2D eigenvalue weighted by Gasteiger charge is 2.27. The molecule has 1 aliphatic heterocycles. The number of carbonyl (C=O) groups is 1. The molecule has 8 heteroatoms. The van der Waals surface area contributed by atoms with Crippen LogP contribution in [0.25, 0.3) is 0 Å². The van der Waals surface area contributed by atoms with Crippen LogP contribution >= 0.6 is 11.6 Å². The summed E-state index contributed by atoms with van der Waals surface area (Å²) in [6.07, 6.45) is 0.916. The van der Waals surface area contributed by atoms with Crippen molar-refractivity contribution in [3.8, 4) is 0 Å². The molecule has 0 radical (unpaired) electrons. The summed E-state index contributed by atoms with van der Waals surface area (Å²) in [4.78, 5) is 16.9. The summed E-state index contributed by atoms with van der Waals surface area (Å²) in [6, 6.07) is 1.00. The first-order chi connectivity index (χ1) is 8.39. The zero-order valence-corrected chi connectivity index (χ0v) is 10.8. The van der Waals surface area contributed by atoms with Gasteiger partial charge < -0.3 is 4.90 Å². The second kappa shape index (κ2) is 4.81. The van der Waals surface area contributed by atoms with Crippen LogP contribution in [0.15, 0.2) is 12.3 Å². The Labute approximate surface area is 108 Å². The van der Waals surface area contributed by atoms with Crippen molar-refractivity contribution in [2.75, 3.05) is 24.6 Å². The van der Waals surface area contributed by atoms with Gasteiger partial charge >= 0.3 is 0 Å². The molecule has 0 spiro atoms. The van der Waals surface area contributed by atoms with Crippen LogP contribution < -0.4 is 0 Å². The van der Waals surface area contributed by atoms with Crippen LogP contribution in [0.3, 0.4) is 0 Å². The van der Waals surface area contributed by atoms with E-state index < -0.39 is 21.6 Å². The maximum atomic E-state index is 13.0. The molecule has 5 nitrogen and oxygen atoms in total. The van der Waals surface area contributed by atoms with Gasteiger partial charge in [-0.05, 0) is 6.07 Å². The van der Waals surface area contributed by atoms with Gasteiger partial charge in [0.1, 0.15) is 11.0 Å². The Morgan fingerprint density at radius 3 is 2.61 bits per heavy atom. The number of sulfone groups is 1. The predicted octanol–water partition coefficient (Wildman–Crippen LogP) is 0.745. The molecular formula is C10H10ClFN2O3S. The molecule has 0 aliphatic carbocycles. The SMILES string of the molecule is O=C(c1cc(F)cnc1Cl)N1CCS(=O)(=O)CC1. The van der Waals surface area contributed by atoms with E-state index in [2.05, 4.69) is 4.98 Å². The van der Waals surface area contributed by atoms with Gasteiger partial charge in [-0.15, -0.1) is 0 Å². The van der Waals surface area contributed by atoms with Gasteiger partial charge in [0.15, 0.2) is 9.84 Å². The lowest BCUT2D eigenvalue weighted by molar-refractivity contribution is 0.0769. The average Bonchev–Trinajstić information content (AvgIpc) is 2.31. The Balaban J connectivity index is 2.20. The number of carbonyl (C=O) groups excluding carboxylic acids is 1. The van der Waals surface area contributed by atoms with E-state index in [0.29, 0.717) is 0 Å². The fraction of sp³-hybridized carbons (Fsp3) is 0.400. The number of hydrogen-bond donors (Lipinski definition) is 0. The summed E-state index contributed by atoms with van der Waals surface area (Å²) in [5, 5.41) is -0.0881. The van der Waals surface area contributed by atoms with Gasteiger partial charge in [0.2, 0.25) is 0 Å². The minimum atomic E-state index is -3.07. The molecule has 1 fully saturated rings. The molecule has 1 saturated heterocycles. The highest BCUT2D eigenvalue weighted by molar-refractivity contribution is 7.91. The zero-order valence-electron chi connectivity index (χ0n) is 9.27.